The molecule has 2 aromatic rings. The number of hydrogen-bond acceptors (Lipinski definition) is 5. The maximum Gasteiger partial charge on any atom is 0.355 e. The molecule has 3 N–H and O–H groups in total. The number of phenols is 1. The molecule has 0 aliphatic rings. The van der Waals surface area contributed by atoms with Crippen LogP contribution in [0.5, 0.6) is 5.75 Å². The first-order valence-corrected chi connectivity index (χ1v) is 6.83. The highest BCUT2D eigenvalue weighted by Crippen LogP contribution is 2.17. The molecule has 1 aromatic heterocycles. The van der Waals surface area contributed by atoms with Crippen LogP contribution in [-0.2, 0) is 6.54 Å². The number of carbonyl (C=O) groups excluding carboxylic acids is 1. The van der Waals surface area contributed by atoms with Crippen molar-refractivity contribution in [3.63, 3.8) is 0 Å². The van der Waals surface area contributed by atoms with E-state index in [4.69, 9.17) is 5.11 Å². The van der Waals surface area contributed by atoms with E-state index in [1.165, 1.54) is 33.7 Å². The van der Waals surface area contributed by atoms with Crippen LogP contribution in [-0.4, -0.2) is 34.2 Å². The van der Waals surface area contributed by atoms with E-state index < -0.39 is 5.97 Å². The van der Waals surface area contributed by atoms with Crippen molar-refractivity contribution in [3.05, 3.63) is 40.3 Å². The van der Waals surface area contributed by atoms with Gasteiger partial charge in [0.1, 0.15) is 10.8 Å². The number of urea groups is 1. The highest BCUT2D eigenvalue weighted by molar-refractivity contribution is 7.09. The van der Waals surface area contributed by atoms with E-state index >= 15 is 0 Å². The summed E-state index contributed by atoms with van der Waals surface area (Å²) in [5, 5.41) is 22.5. The lowest BCUT2D eigenvalue weighted by Crippen LogP contribution is -2.36. The molecule has 0 aliphatic carbocycles. The number of aromatic carboxylic acids is 1. The largest absolute Gasteiger partial charge is 0.508 e. The molecular formula is C13H13N3O4S. The summed E-state index contributed by atoms with van der Waals surface area (Å²) in [5.74, 6) is -0.971. The van der Waals surface area contributed by atoms with E-state index in [9.17, 15) is 14.7 Å². The van der Waals surface area contributed by atoms with Gasteiger partial charge in [-0.25, -0.2) is 14.6 Å². The lowest BCUT2D eigenvalue weighted by Gasteiger charge is -2.17. The van der Waals surface area contributed by atoms with Gasteiger partial charge in [-0.2, -0.15) is 0 Å². The molecule has 1 heterocycles. The quantitative estimate of drug-likeness (QED) is 0.800. The predicted molar refractivity (Wildman–Crippen MR) is 77.8 cm³/mol. The Morgan fingerprint density at radius 3 is 2.57 bits per heavy atom. The Labute approximate surface area is 124 Å². The molecular weight excluding hydrogens is 294 g/mol. The van der Waals surface area contributed by atoms with E-state index in [2.05, 4.69) is 10.3 Å². The molecule has 0 unspecified atom stereocenters. The summed E-state index contributed by atoms with van der Waals surface area (Å²) < 4.78 is 0. The molecule has 0 saturated carbocycles. The number of amides is 2. The van der Waals surface area contributed by atoms with Gasteiger partial charge in [-0.15, -0.1) is 11.3 Å². The standard InChI is InChI=1S/C13H13N3O4S/c1-16(8-2-4-9(17)5-3-8)13(20)14-6-11-15-10(7-21-11)12(18)19/h2-5,7,17H,6H2,1H3,(H,14,20)(H,18,19). The van der Waals surface area contributed by atoms with Gasteiger partial charge < -0.3 is 15.5 Å². The topological polar surface area (TPSA) is 103 Å². The van der Waals surface area contributed by atoms with Gasteiger partial charge in [-0.3, -0.25) is 4.90 Å². The number of rotatable bonds is 4. The molecule has 1 aromatic carbocycles. The fourth-order valence-corrected chi connectivity index (χ4v) is 2.26. The van der Waals surface area contributed by atoms with Crippen molar-refractivity contribution in [2.24, 2.45) is 0 Å². The fourth-order valence-electron chi connectivity index (χ4n) is 1.55. The number of phenolic OH excluding ortho intramolecular Hbond substituents is 1. The Morgan fingerprint density at radius 1 is 1.33 bits per heavy atom. The first kappa shape index (κ1) is 14.8. The SMILES string of the molecule is CN(C(=O)NCc1nc(C(=O)O)cs1)c1ccc(O)cc1. The minimum Gasteiger partial charge on any atom is -0.508 e. The summed E-state index contributed by atoms with van der Waals surface area (Å²) in [4.78, 5) is 27.9. The van der Waals surface area contributed by atoms with Crippen LogP contribution < -0.4 is 10.2 Å². The average Bonchev–Trinajstić information content (AvgIpc) is 2.94. The van der Waals surface area contributed by atoms with Crippen molar-refractivity contribution in [1.82, 2.24) is 10.3 Å². The number of benzene rings is 1. The van der Waals surface area contributed by atoms with Gasteiger partial charge in [0.2, 0.25) is 0 Å². The van der Waals surface area contributed by atoms with Gasteiger partial charge in [0.15, 0.2) is 5.69 Å². The lowest BCUT2D eigenvalue weighted by molar-refractivity contribution is 0.0691. The van der Waals surface area contributed by atoms with Crippen LogP contribution in [0.3, 0.4) is 0 Å². The highest BCUT2D eigenvalue weighted by atomic mass is 32.1. The highest BCUT2D eigenvalue weighted by Gasteiger charge is 2.13. The molecule has 2 rings (SSSR count). The number of aromatic hydroxyl groups is 1. The van der Waals surface area contributed by atoms with Crippen molar-refractivity contribution >= 4 is 29.0 Å². The van der Waals surface area contributed by atoms with Crippen LogP contribution in [0, 0.1) is 0 Å². The lowest BCUT2D eigenvalue weighted by atomic mass is 10.3. The zero-order valence-corrected chi connectivity index (χ0v) is 11.9. The van der Waals surface area contributed by atoms with E-state index in [1.807, 2.05) is 0 Å². The third kappa shape index (κ3) is 3.69. The smallest absolute Gasteiger partial charge is 0.355 e. The second kappa shape index (κ2) is 6.23. The fraction of sp³-hybridized carbons (Fsp3) is 0.154. The zero-order valence-electron chi connectivity index (χ0n) is 11.1. The Morgan fingerprint density at radius 2 is 2.00 bits per heavy atom. The number of carboxylic acids is 1. The van der Waals surface area contributed by atoms with Crippen molar-refractivity contribution in [1.29, 1.82) is 0 Å². The number of anilines is 1. The van der Waals surface area contributed by atoms with Gasteiger partial charge in [0.05, 0.1) is 6.54 Å². The number of thiazole rings is 1. The van der Waals surface area contributed by atoms with Crippen molar-refractivity contribution in [2.75, 3.05) is 11.9 Å². The molecule has 0 spiro atoms. The van der Waals surface area contributed by atoms with E-state index in [0.717, 1.165) is 0 Å². The molecule has 0 atom stereocenters. The number of carbonyl (C=O) groups is 2. The first-order valence-electron chi connectivity index (χ1n) is 5.95. The van der Waals surface area contributed by atoms with E-state index in [0.29, 0.717) is 10.7 Å². The number of aromatic nitrogens is 1. The average molecular weight is 307 g/mol. The van der Waals surface area contributed by atoms with Crippen molar-refractivity contribution < 1.29 is 19.8 Å². The summed E-state index contributed by atoms with van der Waals surface area (Å²) in [6, 6.07) is 5.84. The summed E-state index contributed by atoms with van der Waals surface area (Å²) in [6.07, 6.45) is 0. The monoisotopic (exact) mass is 307 g/mol. The molecule has 7 nitrogen and oxygen atoms in total. The Bertz CT molecular complexity index is 654. The van der Waals surface area contributed by atoms with E-state index in [1.54, 1.807) is 19.2 Å². The third-order valence-corrected chi connectivity index (χ3v) is 3.55. The van der Waals surface area contributed by atoms with Crippen LogP contribution in [0.25, 0.3) is 0 Å². The molecule has 110 valence electrons. The summed E-state index contributed by atoms with van der Waals surface area (Å²) in [7, 11) is 1.59. The Balaban J connectivity index is 1.94. The minimum absolute atomic E-state index is 0.0314. The van der Waals surface area contributed by atoms with Gasteiger partial charge in [0.25, 0.3) is 0 Å². The molecule has 0 fully saturated rings. The van der Waals surface area contributed by atoms with E-state index in [-0.39, 0.29) is 24.0 Å². The molecule has 2 amide bonds. The first-order chi connectivity index (χ1) is 9.97. The molecule has 21 heavy (non-hydrogen) atoms. The summed E-state index contributed by atoms with van der Waals surface area (Å²) in [5.41, 5.74) is 0.590. The molecule has 0 aliphatic heterocycles. The van der Waals surface area contributed by atoms with Crippen LogP contribution in [0.4, 0.5) is 10.5 Å². The minimum atomic E-state index is -1.09. The number of nitrogens with zero attached hydrogens (tertiary/aromatic N) is 2. The van der Waals surface area contributed by atoms with Gasteiger partial charge in [-0.1, -0.05) is 0 Å². The molecule has 0 radical (unpaired) electrons. The van der Waals surface area contributed by atoms with Gasteiger partial charge in [0, 0.05) is 18.1 Å². The Kier molecular flexibility index (Phi) is 4.39. The maximum atomic E-state index is 12.0. The number of carboxylic acid groups (broad SMARTS) is 1. The van der Waals surface area contributed by atoms with Crippen LogP contribution in [0.1, 0.15) is 15.5 Å². The third-order valence-electron chi connectivity index (χ3n) is 2.70. The molecule has 0 bridgehead atoms. The van der Waals surface area contributed by atoms with Crippen LogP contribution in [0.15, 0.2) is 29.6 Å². The van der Waals surface area contributed by atoms with Gasteiger partial charge in [-0.05, 0) is 24.3 Å². The normalized spacial score (nSPS) is 10.1. The van der Waals surface area contributed by atoms with Crippen molar-refractivity contribution in [2.45, 2.75) is 6.54 Å². The molecule has 8 heteroatoms. The van der Waals surface area contributed by atoms with Crippen LogP contribution >= 0.6 is 11.3 Å². The molecule has 0 saturated heterocycles. The summed E-state index contributed by atoms with van der Waals surface area (Å²) >= 11 is 1.17. The maximum absolute atomic E-state index is 12.0. The Hall–Kier alpha value is -2.61. The van der Waals surface area contributed by atoms with Gasteiger partial charge >= 0.3 is 12.0 Å². The van der Waals surface area contributed by atoms with Crippen LogP contribution in [0.2, 0.25) is 0 Å². The zero-order chi connectivity index (χ0) is 15.4. The second-order valence-electron chi connectivity index (χ2n) is 4.17. The number of hydrogen-bond donors (Lipinski definition) is 3. The van der Waals surface area contributed by atoms with Crippen molar-refractivity contribution in [3.8, 4) is 5.75 Å². The predicted octanol–water partition coefficient (Wildman–Crippen LogP) is 1.89. The number of nitrogens with one attached hydrogen (secondary N) is 1. The second-order valence-corrected chi connectivity index (χ2v) is 5.11. The summed E-state index contributed by atoms with van der Waals surface area (Å²) in [6.45, 7) is 0.152.